The summed E-state index contributed by atoms with van der Waals surface area (Å²) >= 11 is 1.62. The number of allylic oxidation sites excluding steroid dienone is 1. The average molecular weight is 338 g/mol. The van der Waals surface area contributed by atoms with Gasteiger partial charge in [0, 0.05) is 30.3 Å². The number of pyridine rings is 1. The first-order chi connectivity index (χ1) is 11.9. The summed E-state index contributed by atoms with van der Waals surface area (Å²) < 4.78 is 7.76. The van der Waals surface area contributed by atoms with Gasteiger partial charge in [0.05, 0.1) is 6.61 Å². The number of nitrogens with zero attached hydrogens (tertiary/aromatic N) is 4. The SMILES string of the molecule is C=CCn1c(SCCOc2ccccc2)nnc1-c1ccncc1. The van der Waals surface area contributed by atoms with Crippen molar-refractivity contribution >= 4 is 11.8 Å². The van der Waals surface area contributed by atoms with Crippen molar-refractivity contribution in [1.82, 2.24) is 19.7 Å². The van der Waals surface area contributed by atoms with Gasteiger partial charge in [0.25, 0.3) is 0 Å². The number of para-hydroxylation sites is 1. The van der Waals surface area contributed by atoms with Crippen molar-refractivity contribution in [2.75, 3.05) is 12.4 Å². The van der Waals surface area contributed by atoms with Crippen LogP contribution < -0.4 is 4.74 Å². The zero-order valence-electron chi connectivity index (χ0n) is 13.2. The van der Waals surface area contributed by atoms with Crippen LogP contribution >= 0.6 is 11.8 Å². The Morgan fingerprint density at radius 1 is 1.08 bits per heavy atom. The fourth-order valence-corrected chi connectivity index (χ4v) is 2.98. The minimum Gasteiger partial charge on any atom is -0.493 e. The smallest absolute Gasteiger partial charge is 0.191 e. The summed E-state index contributed by atoms with van der Waals surface area (Å²) in [5.74, 6) is 2.49. The highest BCUT2D eigenvalue weighted by Crippen LogP contribution is 2.23. The van der Waals surface area contributed by atoms with Crippen LogP contribution in [0.15, 0.2) is 72.7 Å². The molecule has 0 saturated heterocycles. The largest absolute Gasteiger partial charge is 0.493 e. The standard InChI is InChI=1S/C18H18N4OS/c1-2-12-22-17(15-8-10-19-11-9-15)20-21-18(22)24-14-13-23-16-6-4-3-5-7-16/h2-11H,1,12-14H2. The lowest BCUT2D eigenvalue weighted by Gasteiger charge is -2.08. The van der Waals surface area contributed by atoms with Gasteiger partial charge in [0.15, 0.2) is 11.0 Å². The van der Waals surface area contributed by atoms with Crippen molar-refractivity contribution in [1.29, 1.82) is 0 Å². The van der Waals surface area contributed by atoms with E-state index in [0.29, 0.717) is 13.2 Å². The molecule has 2 heterocycles. The fourth-order valence-electron chi connectivity index (χ4n) is 2.21. The van der Waals surface area contributed by atoms with Crippen LogP contribution in [0.25, 0.3) is 11.4 Å². The first-order valence-electron chi connectivity index (χ1n) is 7.63. The Morgan fingerprint density at radius 3 is 2.62 bits per heavy atom. The maximum atomic E-state index is 5.71. The molecule has 0 N–H and O–H groups in total. The second-order valence-electron chi connectivity index (χ2n) is 4.95. The lowest BCUT2D eigenvalue weighted by Crippen LogP contribution is -2.04. The Bertz CT molecular complexity index is 774. The van der Waals surface area contributed by atoms with Crippen LogP contribution in [-0.4, -0.2) is 32.1 Å². The van der Waals surface area contributed by atoms with Crippen LogP contribution in [-0.2, 0) is 6.54 Å². The quantitative estimate of drug-likeness (QED) is 0.356. The van der Waals surface area contributed by atoms with Gasteiger partial charge in [-0.2, -0.15) is 0 Å². The Balaban J connectivity index is 1.65. The second kappa shape index (κ2) is 8.31. The van der Waals surface area contributed by atoms with Gasteiger partial charge in [0.2, 0.25) is 0 Å². The predicted octanol–water partition coefficient (Wildman–Crippen LogP) is 3.70. The van der Waals surface area contributed by atoms with Crippen LogP contribution in [0.3, 0.4) is 0 Å². The molecule has 0 amide bonds. The van der Waals surface area contributed by atoms with Crippen LogP contribution in [0, 0.1) is 0 Å². The van der Waals surface area contributed by atoms with E-state index < -0.39 is 0 Å². The zero-order chi connectivity index (χ0) is 16.6. The molecular formula is C18H18N4OS. The molecule has 0 saturated carbocycles. The lowest BCUT2D eigenvalue weighted by molar-refractivity contribution is 0.344. The first-order valence-corrected chi connectivity index (χ1v) is 8.62. The van der Waals surface area contributed by atoms with Crippen LogP contribution in [0.2, 0.25) is 0 Å². The van der Waals surface area contributed by atoms with E-state index in [0.717, 1.165) is 28.0 Å². The Labute approximate surface area is 145 Å². The van der Waals surface area contributed by atoms with Crippen molar-refractivity contribution in [2.24, 2.45) is 0 Å². The van der Waals surface area contributed by atoms with Crippen LogP contribution in [0.1, 0.15) is 0 Å². The highest BCUT2D eigenvalue weighted by Gasteiger charge is 2.13. The summed E-state index contributed by atoms with van der Waals surface area (Å²) in [4.78, 5) is 4.04. The van der Waals surface area contributed by atoms with Gasteiger partial charge in [-0.25, -0.2) is 0 Å². The highest BCUT2D eigenvalue weighted by molar-refractivity contribution is 7.99. The van der Waals surface area contributed by atoms with Crippen molar-refractivity contribution in [3.05, 3.63) is 67.5 Å². The molecule has 6 heteroatoms. The first kappa shape index (κ1) is 16.3. The van der Waals surface area contributed by atoms with E-state index in [1.165, 1.54) is 0 Å². The van der Waals surface area contributed by atoms with Gasteiger partial charge in [-0.15, -0.1) is 16.8 Å². The summed E-state index contributed by atoms with van der Waals surface area (Å²) in [7, 11) is 0. The molecule has 2 aromatic heterocycles. The van der Waals surface area contributed by atoms with E-state index in [9.17, 15) is 0 Å². The molecule has 5 nitrogen and oxygen atoms in total. The molecule has 3 rings (SSSR count). The molecule has 0 unspecified atom stereocenters. The number of ether oxygens (including phenoxy) is 1. The molecule has 1 aromatic carbocycles. The zero-order valence-corrected chi connectivity index (χ0v) is 14.0. The number of thioether (sulfide) groups is 1. The topological polar surface area (TPSA) is 52.8 Å². The summed E-state index contributed by atoms with van der Waals surface area (Å²) in [5, 5.41) is 9.49. The van der Waals surface area contributed by atoms with E-state index in [1.54, 1.807) is 24.2 Å². The lowest BCUT2D eigenvalue weighted by atomic mass is 10.2. The van der Waals surface area contributed by atoms with Gasteiger partial charge in [-0.1, -0.05) is 36.0 Å². The van der Waals surface area contributed by atoms with Gasteiger partial charge in [0.1, 0.15) is 5.75 Å². The van der Waals surface area contributed by atoms with E-state index >= 15 is 0 Å². The number of benzene rings is 1. The summed E-state index contributed by atoms with van der Waals surface area (Å²) in [6.07, 6.45) is 5.35. The van der Waals surface area contributed by atoms with Crippen molar-refractivity contribution in [3.8, 4) is 17.1 Å². The van der Waals surface area contributed by atoms with Gasteiger partial charge >= 0.3 is 0 Å². The molecule has 0 atom stereocenters. The highest BCUT2D eigenvalue weighted by atomic mass is 32.2. The Morgan fingerprint density at radius 2 is 1.88 bits per heavy atom. The van der Waals surface area contributed by atoms with Gasteiger partial charge in [-0.05, 0) is 24.3 Å². The van der Waals surface area contributed by atoms with Crippen molar-refractivity contribution in [2.45, 2.75) is 11.7 Å². The van der Waals surface area contributed by atoms with Gasteiger partial charge in [-0.3, -0.25) is 9.55 Å². The molecule has 122 valence electrons. The van der Waals surface area contributed by atoms with Crippen LogP contribution in [0.4, 0.5) is 0 Å². The average Bonchev–Trinajstić information content (AvgIpc) is 3.03. The van der Waals surface area contributed by atoms with E-state index in [2.05, 4.69) is 26.3 Å². The molecule has 24 heavy (non-hydrogen) atoms. The molecular weight excluding hydrogens is 320 g/mol. The van der Waals surface area contributed by atoms with Gasteiger partial charge < -0.3 is 4.74 Å². The predicted molar refractivity (Wildman–Crippen MR) is 96.1 cm³/mol. The van der Waals surface area contributed by atoms with Crippen LogP contribution in [0.5, 0.6) is 5.75 Å². The van der Waals surface area contributed by atoms with Crippen molar-refractivity contribution < 1.29 is 4.74 Å². The van der Waals surface area contributed by atoms with E-state index in [1.807, 2.05) is 48.5 Å². The molecule has 0 fully saturated rings. The third kappa shape index (κ3) is 4.02. The molecule has 0 aliphatic carbocycles. The number of hydrogen-bond donors (Lipinski definition) is 0. The maximum absolute atomic E-state index is 5.71. The minimum atomic E-state index is 0.611. The monoisotopic (exact) mass is 338 g/mol. The molecule has 0 radical (unpaired) electrons. The molecule has 0 bridgehead atoms. The van der Waals surface area contributed by atoms with E-state index in [-0.39, 0.29) is 0 Å². The molecule has 0 aliphatic heterocycles. The van der Waals surface area contributed by atoms with E-state index in [4.69, 9.17) is 4.74 Å². The number of hydrogen-bond acceptors (Lipinski definition) is 5. The second-order valence-corrected chi connectivity index (χ2v) is 6.01. The Kier molecular flexibility index (Phi) is 5.63. The summed E-state index contributed by atoms with van der Waals surface area (Å²) in [6, 6.07) is 13.7. The summed E-state index contributed by atoms with van der Waals surface area (Å²) in [6.45, 7) is 5.10. The molecule has 0 aliphatic rings. The third-order valence-corrected chi connectivity index (χ3v) is 4.22. The fraction of sp³-hybridized carbons (Fsp3) is 0.167. The summed E-state index contributed by atoms with van der Waals surface area (Å²) in [5.41, 5.74) is 0.992. The normalized spacial score (nSPS) is 10.5. The third-order valence-electron chi connectivity index (χ3n) is 3.29. The maximum Gasteiger partial charge on any atom is 0.191 e. The van der Waals surface area contributed by atoms with Crippen molar-refractivity contribution in [3.63, 3.8) is 0 Å². The molecule has 3 aromatic rings. The minimum absolute atomic E-state index is 0.611. The number of rotatable bonds is 8. The Hall–Kier alpha value is -2.60. The number of aromatic nitrogens is 4. The molecule has 0 spiro atoms.